The Kier molecular flexibility index (Phi) is 5.25. The van der Waals surface area contributed by atoms with Crippen molar-refractivity contribution in [1.82, 2.24) is 9.80 Å². The summed E-state index contributed by atoms with van der Waals surface area (Å²) in [7, 11) is 0. The van der Waals surface area contributed by atoms with Gasteiger partial charge in [-0.3, -0.25) is 9.69 Å². The van der Waals surface area contributed by atoms with Crippen LogP contribution in [0.1, 0.15) is 38.5 Å². The van der Waals surface area contributed by atoms with Crippen molar-refractivity contribution >= 4 is 33.2 Å². The number of carbonyl (C=O) groups excluding carboxylic acids is 1. The molecule has 4 rings (SSSR count). The third kappa shape index (κ3) is 3.99. The molecule has 0 radical (unpaired) electrons. The van der Waals surface area contributed by atoms with E-state index in [2.05, 4.69) is 51.2 Å². The van der Waals surface area contributed by atoms with Gasteiger partial charge in [0.15, 0.2) is 0 Å². The van der Waals surface area contributed by atoms with Crippen molar-refractivity contribution in [2.45, 2.75) is 32.2 Å². The van der Waals surface area contributed by atoms with E-state index in [1.807, 2.05) is 4.90 Å². The van der Waals surface area contributed by atoms with Gasteiger partial charge in [0.25, 0.3) is 5.91 Å². The third-order valence-electron chi connectivity index (χ3n) is 5.16. The zero-order valence-corrected chi connectivity index (χ0v) is 16.7. The number of piperazine rings is 1. The Morgan fingerprint density at radius 3 is 2.64 bits per heavy atom. The summed E-state index contributed by atoms with van der Waals surface area (Å²) in [5.41, 5.74) is 2.74. The Bertz CT molecular complexity index is 741. The molecule has 2 aliphatic rings. The molecule has 0 bridgehead atoms. The second-order valence-corrected chi connectivity index (χ2v) is 9.02. The van der Waals surface area contributed by atoms with E-state index in [1.54, 1.807) is 11.3 Å². The van der Waals surface area contributed by atoms with Crippen molar-refractivity contribution < 1.29 is 4.79 Å². The highest BCUT2D eigenvalue weighted by Crippen LogP contribution is 2.30. The molecule has 1 amide bonds. The number of aryl methyl sites for hydroxylation is 2. The molecular weight excluding hydrogens is 396 g/mol. The average Bonchev–Trinajstić information content (AvgIpc) is 3.06. The van der Waals surface area contributed by atoms with Crippen LogP contribution in [0, 0.1) is 0 Å². The number of hydrogen-bond donors (Lipinski definition) is 0. The molecule has 1 saturated heterocycles. The van der Waals surface area contributed by atoms with Gasteiger partial charge in [-0.25, -0.2) is 0 Å². The summed E-state index contributed by atoms with van der Waals surface area (Å²) in [6, 6.07) is 10.6. The smallest absolute Gasteiger partial charge is 0.264 e. The number of halogens is 1. The van der Waals surface area contributed by atoms with Gasteiger partial charge in [0.05, 0.1) is 4.88 Å². The van der Waals surface area contributed by atoms with Gasteiger partial charge in [-0.1, -0.05) is 28.1 Å². The number of benzene rings is 1. The Labute approximate surface area is 161 Å². The highest BCUT2D eigenvalue weighted by atomic mass is 79.9. The van der Waals surface area contributed by atoms with Gasteiger partial charge >= 0.3 is 0 Å². The lowest BCUT2D eigenvalue weighted by Gasteiger charge is -2.34. The number of nitrogens with zero attached hydrogens (tertiary/aromatic N) is 2. The number of carbonyl (C=O) groups is 1. The monoisotopic (exact) mass is 418 g/mol. The molecule has 1 aliphatic carbocycles. The number of rotatable bonds is 3. The molecule has 132 valence electrons. The number of fused-ring (bicyclic) bond motifs is 1. The molecule has 1 aliphatic heterocycles. The first-order chi connectivity index (χ1) is 12.2. The van der Waals surface area contributed by atoms with E-state index in [4.69, 9.17) is 0 Å². The second-order valence-electron chi connectivity index (χ2n) is 6.96. The van der Waals surface area contributed by atoms with E-state index in [1.165, 1.54) is 28.8 Å². The van der Waals surface area contributed by atoms with Crippen molar-refractivity contribution in [2.75, 3.05) is 26.2 Å². The first-order valence-corrected chi connectivity index (χ1v) is 10.7. The summed E-state index contributed by atoms with van der Waals surface area (Å²) >= 11 is 5.27. The average molecular weight is 419 g/mol. The molecule has 5 heteroatoms. The minimum atomic E-state index is 0.238. The van der Waals surface area contributed by atoms with Gasteiger partial charge < -0.3 is 4.90 Å². The van der Waals surface area contributed by atoms with Crippen LogP contribution < -0.4 is 0 Å². The minimum absolute atomic E-state index is 0.238. The first-order valence-electron chi connectivity index (χ1n) is 9.07. The zero-order chi connectivity index (χ0) is 17.2. The molecule has 1 fully saturated rings. The van der Waals surface area contributed by atoms with E-state index in [-0.39, 0.29) is 5.91 Å². The Morgan fingerprint density at radius 1 is 1.08 bits per heavy atom. The first kappa shape index (κ1) is 17.3. The molecule has 2 aromatic rings. The lowest BCUT2D eigenvalue weighted by Crippen LogP contribution is -2.48. The predicted octanol–water partition coefficient (Wildman–Crippen LogP) is 4.35. The molecule has 1 aromatic carbocycles. The van der Waals surface area contributed by atoms with E-state index in [9.17, 15) is 4.79 Å². The fourth-order valence-electron chi connectivity index (χ4n) is 3.75. The standard InChI is InChI=1S/C20H23BrN2OS/c21-17-6-3-4-15(12-17)14-22-8-10-23(11-9-22)20(24)19-13-16-5-1-2-7-18(16)25-19/h3-4,6,12-13H,1-2,5,7-11,14H2. The van der Waals surface area contributed by atoms with Crippen LogP contribution >= 0.6 is 27.3 Å². The highest BCUT2D eigenvalue weighted by Gasteiger charge is 2.25. The molecule has 0 unspecified atom stereocenters. The van der Waals surface area contributed by atoms with Crippen LogP contribution in [0.4, 0.5) is 0 Å². The molecule has 1 aromatic heterocycles. The largest absolute Gasteiger partial charge is 0.335 e. The lowest BCUT2D eigenvalue weighted by molar-refractivity contribution is 0.0633. The molecule has 0 N–H and O–H groups in total. The van der Waals surface area contributed by atoms with Crippen LogP contribution in [-0.2, 0) is 19.4 Å². The van der Waals surface area contributed by atoms with Crippen molar-refractivity contribution in [2.24, 2.45) is 0 Å². The van der Waals surface area contributed by atoms with Crippen LogP contribution in [0.25, 0.3) is 0 Å². The number of thiophene rings is 1. The molecule has 25 heavy (non-hydrogen) atoms. The summed E-state index contributed by atoms with van der Waals surface area (Å²) in [6.45, 7) is 4.51. The Balaban J connectivity index is 1.35. The third-order valence-corrected chi connectivity index (χ3v) is 6.88. The van der Waals surface area contributed by atoms with Gasteiger partial charge in [-0.15, -0.1) is 11.3 Å². The molecule has 0 saturated carbocycles. The summed E-state index contributed by atoms with van der Waals surface area (Å²) in [5, 5.41) is 0. The maximum Gasteiger partial charge on any atom is 0.264 e. The fourth-order valence-corrected chi connectivity index (χ4v) is 5.42. The van der Waals surface area contributed by atoms with Crippen molar-refractivity contribution in [1.29, 1.82) is 0 Å². The normalized spacial score (nSPS) is 18.2. The van der Waals surface area contributed by atoms with Gasteiger partial charge in [0.2, 0.25) is 0 Å². The van der Waals surface area contributed by atoms with Gasteiger partial charge in [-0.2, -0.15) is 0 Å². The highest BCUT2D eigenvalue weighted by molar-refractivity contribution is 9.10. The van der Waals surface area contributed by atoms with Crippen LogP contribution in [0.5, 0.6) is 0 Å². The quantitative estimate of drug-likeness (QED) is 0.739. The summed E-state index contributed by atoms with van der Waals surface area (Å²) < 4.78 is 1.13. The van der Waals surface area contributed by atoms with E-state index in [0.717, 1.165) is 54.9 Å². The fraction of sp³-hybridized carbons (Fsp3) is 0.450. The van der Waals surface area contributed by atoms with E-state index in [0.29, 0.717) is 0 Å². The lowest BCUT2D eigenvalue weighted by atomic mass is 9.99. The zero-order valence-electron chi connectivity index (χ0n) is 14.3. The second kappa shape index (κ2) is 7.60. The maximum absolute atomic E-state index is 12.8. The van der Waals surface area contributed by atoms with Crippen LogP contribution in [-0.4, -0.2) is 41.9 Å². The van der Waals surface area contributed by atoms with Crippen LogP contribution in [0.15, 0.2) is 34.8 Å². The van der Waals surface area contributed by atoms with Gasteiger partial charge in [-0.05, 0) is 55.0 Å². The SMILES string of the molecule is O=C(c1cc2c(s1)CCCC2)N1CCN(Cc2cccc(Br)c2)CC1. The predicted molar refractivity (Wildman–Crippen MR) is 106 cm³/mol. The van der Waals surface area contributed by atoms with Crippen molar-refractivity contribution in [3.8, 4) is 0 Å². The molecule has 2 heterocycles. The number of amides is 1. The topological polar surface area (TPSA) is 23.6 Å². The number of hydrogen-bond acceptors (Lipinski definition) is 3. The summed E-state index contributed by atoms with van der Waals surface area (Å²) in [5.74, 6) is 0.238. The summed E-state index contributed by atoms with van der Waals surface area (Å²) in [4.78, 5) is 19.7. The molecular formula is C20H23BrN2OS. The Hall–Kier alpha value is -1.17. The minimum Gasteiger partial charge on any atom is -0.335 e. The van der Waals surface area contributed by atoms with Crippen LogP contribution in [0.2, 0.25) is 0 Å². The van der Waals surface area contributed by atoms with Gasteiger partial charge in [0, 0.05) is 42.1 Å². The Morgan fingerprint density at radius 2 is 1.88 bits per heavy atom. The van der Waals surface area contributed by atoms with E-state index >= 15 is 0 Å². The summed E-state index contributed by atoms with van der Waals surface area (Å²) in [6.07, 6.45) is 4.86. The van der Waals surface area contributed by atoms with Gasteiger partial charge in [0.1, 0.15) is 0 Å². The molecule has 0 spiro atoms. The molecule has 3 nitrogen and oxygen atoms in total. The maximum atomic E-state index is 12.8. The van der Waals surface area contributed by atoms with Crippen LogP contribution in [0.3, 0.4) is 0 Å². The van der Waals surface area contributed by atoms with E-state index < -0.39 is 0 Å². The van der Waals surface area contributed by atoms with Crippen molar-refractivity contribution in [3.63, 3.8) is 0 Å². The molecule has 0 atom stereocenters. The van der Waals surface area contributed by atoms with Crippen molar-refractivity contribution in [3.05, 3.63) is 55.7 Å².